The summed E-state index contributed by atoms with van der Waals surface area (Å²) in [7, 11) is 0. The fourth-order valence-electron chi connectivity index (χ4n) is 3.63. The van der Waals surface area contributed by atoms with Gasteiger partial charge in [-0.15, -0.1) is 0 Å². The van der Waals surface area contributed by atoms with Crippen molar-refractivity contribution in [1.29, 1.82) is 0 Å². The standard InChI is InChI=1S/C19H25N5O/c1-3-16(12-20-5-1)13-23-6-2-7-24(9-8-23)19-11-18(21-15-22-19)17-4-10-25-14-17/h1,3,5,11-12,15,17H,2,4,6-10,13-14H2/t17-/m1/s1. The Morgan fingerprint density at radius 3 is 3.00 bits per heavy atom. The van der Waals surface area contributed by atoms with E-state index in [9.17, 15) is 0 Å². The predicted octanol–water partition coefficient (Wildman–Crippen LogP) is 2.09. The zero-order chi connectivity index (χ0) is 16.9. The molecule has 2 saturated heterocycles. The van der Waals surface area contributed by atoms with Crippen LogP contribution in [0, 0.1) is 0 Å². The smallest absolute Gasteiger partial charge is 0.132 e. The normalized spacial score (nSPS) is 22.1. The second-order valence-electron chi connectivity index (χ2n) is 6.84. The molecule has 25 heavy (non-hydrogen) atoms. The van der Waals surface area contributed by atoms with Crippen LogP contribution in [0.3, 0.4) is 0 Å². The largest absolute Gasteiger partial charge is 0.381 e. The summed E-state index contributed by atoms with van der Waals surface area (Å²) < 4.78 is 5.50. The van der Waals surface area contributed by atoms with Gasteiger partial charge in [-0.25, -0.2) is 9.97 Å². The highest BCUT2D eigenvalue weighted by Gasteiger charge is 2.21. The molecule has 132 valence electrons. The van der Waals surface area contributed by atoms with E-state index in [-0.39, 0.29) is 0 Å². The van der Waals surface area contributed by atoms with Gasteiger partial charge in [0.15, 0.2) is 0 Å². The highest BCUT2D eigenvalue weighted by atomic mass is 16.5. The minimum Gasteiger partial charge on any atom is -0.381 e. The number of aromatic nitrogens is 3. The second kappa shape index (κ2) is 7.89. The molecule has 4 heterocycles. The molecule has 6 nitrogen and oxygen atoms in total. The molecule has 2 aromatic heterocycles. The Hall–Kier alpha value is -2.05. The molecule has 0 aromatic carbocycles. The van der Waals surface area contributed by atoms with E-state index in [0.29, 0.717) is 5.92 Å². The van der Waals surface area contributed by atoms with Gasteiger partial charge in [-0.3, -0.25) is 9.88 Å². The Morgan fingerprint density at radius 1 is 1.16 bits per heavy atom. The van der Waals surface area contributed by atoms with E-state index >= 15 is 0 Å². The molecular weight excluding hydrogens is 314 g/mol. The van der Waals surface area contributed by atoms with Gasteiger partial charge in [0, 0.05) is 63.7 Å². The van der Waals surface area contributed by atoms with Crippen LogP contribution in [0.5, 0.6) is 0 Å². The van der Waals surface area contributed by atoms with E-state index < -0.39 is 0 Å². The average molecular weight is 339 g/mol. The summed E-state index contributed by atoms with van der Waals surface area (Å²) in [6, 6.07) is 6.32. The molecule has 2 aliphatic heterocycles. The van der Waals surface area contributed by atoms with Crippen molar-refractivity contribution in [2.24, 2.45) is 0 Å². The third kappa shape index (κ3) is 4.14. The minimum atomic E-state index is 0.427. The molecule has 0 amide bonds. The van der Waals surface area contributed by atoms with Gasteiger partial charge in [-0.05, 0) is 24.5 Å². The predicted molar refractivity (Wildman–Crippen MR) is 96.6 cm³/mol. The maximum Gasteiger partial charge on any atom is 0.132 e. The molecule has 0 saturated carbocycles. The fourth-order valence-corrected chi connectivity index (χ4v) is 3.63. The number of ether oxygens (including phenoxy) is 1. The van der Waals surface area contributed by atoms with Gasteiger partial charge >= 0.3 is 0 Å². The molecule has 0 unspecified atom stereocenters. The minimum absolute atomic E-state index is 0.427. The molecule has 2 aliphatic rings. The van der Waals surface area contributed by atoms with Crippen LogP contribution >= 0.6 is 0 Å². The number of hydrogen-bond donors (Lipinski definition) is 0. The molecule has 4 rings (SSSR count). The van der Waals surface area contributed by atoms with Crippen LogP contribution in [-0.4, -0.2) is 59.2 Å². The first-order valence-electron chi connectivity index (χ1n) is 9.14. The highest BCUT2D eigenvalue weighted by molar-refractivity contribution is 5.40. The first-order chi connectivity index (χ1) is 12.4. The lowest BCUT2D eigenvalue weighted by Crippen LogP contribution is -2.31. The Labute approximate surface area is 148 Å². The average Bonchev–Trinajstić information content (AvgIpc) is 3.10. The molecule has 0 radical (unpaired) electrons. The quantitative estimate of drug-likeness (QED) is 0.850. The lowest BCUT2D eigenvalue weighted by molar-refractivity contribution is 0.193. The number of rotatable bonds is 4. The monoisotopic (exact) mass is 339 g/mol. The van der Waals surface area contributed by atoms with E-state index in [1.165, 1.54) is 5.56 Å². The molecule has 0 aliphatic carbocycles. The molecule has 1 atom stereocenters. The number of pyridine rings is 1. The van der Waals surface area contributed by atoms with Gasteiger partial charge in [-0.2, -0.15) is 0 Å². The third-order valence-corrected chi connectivity index (χ3v) is 5.06. The van der Waals surface area contributed by atoms with Crippen LogP contribution in [0.1, 0.15) is 30.0 Å². The van der Waals surface area contributed by atoms with Crippen LogP contribution < -0.4 is 4.90 Å². The van der Waals surface area contributed by atoms with Crippen molar-refractivity contribution in [2.45, 2.75) is 25.3 Å². The number of hydrogen-bond acceptors (Lipinski definition) is 6. The topological polar surface area (TPSA) is 54.4 Å². The van der Waals surface area contributed by atoms with Crippen molar-refractivity contribution in [3.8, 4) is 0 Å². The molecule has 2 aromatic rings. The van der Waals surface area contributed by atoms with Crippen molar-refractivity contribution in [2.75, 3.05) is 44.3 Å². The van der Waals surface area contributed by atoms with E-state index in [1.54, 1.807) is 6.33 Å². The highest BCUT2D eigenvalue weighted by Crippen LogP contribution is 2.25. The van der Waals surface area contributed by atoms with Gasteiger partial charge in [0.25, 0.3) is 0 Å². The molecule has 0 N–H and O–H groups in total. The summed E-state index contributed by atoms with van der Waals surface area (Å²) >= 11 is 0. The van der Waals surface area contributed by atoms with E-state index in [0.717, 1.165) is 70.3 Å². The summed E-state index contributed by atoms with van der Waals surface area (Å²) in [5, 5.41) is 0. The van der Waals surface area contributed by atoms with Crippen molar-refractivity contribution in [3.63, 3.8) is 0 Å². The lowest BCUT2D eigenvalue weighted by Gasteiger charge is -2.23. The summed E-state index contributed by atoms with van der Waals surface area (Å²) in [5.41, 5.74) is 2.40. The van der Waals surface area contributed by atoms with Gasteiger partial charge in [0.1, 0.15) is 12.1 Å². The summed E-state index contributed by atoms with van der Waals surface area (Å²) in [4.78, 5) is 18.1. The Bertz CT molecular complexity index is 675. The van der Waals surface area contributed by atoms with E-state index in [1.807, 2.05) is 18.5 Å². The number of nitrogens with zero attached hydrogens (tertiary/aromatic N) is 5. The molecule has 6 heteroatoms. The van der Waals surface area contributed by atoms with Crippen LogP contribution in [-0.2, 0) is 11.3 Å². The summed E-state index contributed by atoms with van der Waals surface area (Å²) in [5.74, 6) is 1.48. The van der Waals surface area contributed by atoms with Gasteiger partial charge in [0.05, 0.1) is 12.3 Å². The van der Waals surface area contributed by atoms with Gasteiger partial charge in [0.2, 0.25) is 0 Å². The van der Waals surface area contributed by atoms with Crippen LogP contribution in [0.4, 0.5) is 5.82 Å². The summed E-state index contributed by atoms with van der Waals surface area (Å²) in [6.45, 7) is 6.79. The Kier molecular flexibility index (Phi) is 5.18. The number of anilines is 1. The Morgan fingerprint density at radius 2 is 2.16 bits per heavy atom. The van der Waals surface area contributed by atoms with Crippen molar-refractivity contribution in [1.82, 2.24) is 19.9 Å². The zero-order valence-corrected chi connectivity index (χ0v) is 14.5. The maximum atomic E-state index is 5.50. The lowest BCUT2D eigenvalue weighted by atomic mass is 10.0. The van der Waals surface area contributed by atoms with E-state index in [2.05, 4.69) is 36.9 Å². The molecule has 2 fully saturated rings. The van der Waals surface area contributed by atoms with Crippen LogP contribution in [0.15, 0.2) is 36.9 Å². The van der Waals surface area contributed by atoms with Gasteiger partial charge in [-0.1, -0.05) is 6.07 Å². The molecule has 0 bridgehead atoms. The first kappa shape index (κ1) is 16.4. The van der Waals surface area contributed by atoms with E-state index in [4.69, 9.17) is 4.74 Å². The second-order valence-corrected chi connectivity index (χ2v) is 6.84. The van der Waals surface area contributed by atoms with Gasteiger partial charge < -0.3 is 9.64 Å². The van der Waals surface area contributed by atoms with Crippen molar-refractivity contribution >= 4 is 5.82 Å². The van der Waals surface area contributed by atoms with Crippen LogP contribution in [0.2, 0.25) is 0 Å². The van der Waals surface area contributed by atoms with Crippen molar-refractivity contribution < 1.29 is 4.74 Å². The molecule has 0 spiro atoms. The SMILES string of the molecule is c1cncc(CN2CCCN(c3cc([C@@H]4CCOC4)ncn3)CC2)c1. The van der Waals surface area contributed by atoms with Crippen LogP contribution in [0.25, 0.3) is 0 Å². The van der Waals surface area contributed by atoms with Crippen molar-refractivity contribution in [3.05, 3.63) is 48.2 Å². The first-order valence-corrected chi connectivity index (χ1v) is 9.14. The maximum absolute atomic E-state index is 5.50. The molecular formula is C19H25N5O. The zero-order valence-electron chi connectivity index (χ0n) is 14.5. The third-order valence-electron chi connectivity index (χ3n) is 5.06. The summed E-state index contributed by atoms with van der Waals surface area (Å²) in [6.07, 6.45) is 7.71. The Balaban J connectivity index is 1.40. The fraction of sp³-hybridized carbons (Fsp3) is 0.526.